The quantitative estimate of drug-likeness (QED) is 0.586. The Morgan fingerprint density at radius 2 is 1.54 bits per heavy atom. The highest BCUT2D eigenvalue weighted by Crippen LogP contribution is 2.41. The van der Waals surface area contributed by atoms with Gasteiger partial charge in [-0.2, -0.15) is 12.7 Å². The Labute approximate surface area is 97.4 Å². The molecule has 0 aliphatic heterocycles. The van der Waals surface area contributed by atoms with Crippen molar-refractivity contribution in [3.8, 4) is 0 Å². The van der Waals surface area contributed by atoms with Crippen LogP contribution in [0, 0.1) is 0 Å². The van der Waals surface area contributed by atoms with Gasteiger partial charge in [0.05, 0.1) is 0 Å². The molecule has 0 saturated carbocycles. The van der Waals surface area contributed by atoms with Gasteiger partial charge in [0.2, 0.25) is 0 Å². The predicted molar refractivity (Wildman–Crippen MR) is 58.3 cm³/mol. The van der Waals surface area contributed by atoms with Gasteiger partial charge in [0.15, 0.2) is 0 Å². The van der Waals surface area contributed by atoms with Gasteiger partial charge in [0.25, 0.3) is 13.3 Å². The molecule has 0 aliphatic rings. The highest BCUT2D eigenvalue weighted by atomic mass is 35.6. The summed E-state index contributed by atoms with van der Waals surface area (Å²) in [7, 11) is 0.561. The van der Waals surface area contributed by atoms with E-state index >= 15 is 0 Å². The van der Waals surface area contributed by atoms with Crippen molar-refractivity contribution in [2.75, 3.05) is 21.1 Å². The summed E-state index contributed by atoms with van der Waals surface area (Å²) in [6, 6.07) is 0. The van der Waals surface area contributed by atoms with Crippen LogP contribution in [0.15, 0.2) is 0 Å². The summed E-state index contributed by atoms with van der Waals surface area (Å²) in [6.45, 7) is 0. The SMILES string of the molecule is CN(C)S(=O)(=O)N(C)SC(Cl)(Cl)Cl. The Hall–Kier alpha value is 1.09. The number of nitrogens with zero attached hydrogens (tertiary/aromatic N) is 2. The molecule has 4 nitrogen and oxygen atoms in total. The Kier molecular flexibility index (Phi) is 5.14. The Morgan fingerprint density at radius 3 is 1.77 bits per heavy atom. The lowest BCUT2D eigenvalue weighted by molar-refractivity contribution is 0.488. The van der Waals surface area contributed by atoms with Gasteiger partial charge in [-0.1, -0.05) is 34.8 Å². The summed E-state index contributed by atoms with van der Waals surface area (Å²) >= 11 is 16.8. The van der Waals surface area contributed by atoms with Crippen LogP contribution in [0.25, 0.3) is 0 Å². The zero-order chi connectivity index (χ0) is 10.9. The van der Waals surface area contributed by atoms with Crippen LogP contribution in [0.2, 0.25) is 0 Å². The van der Waals surface area contributed by atoms with Crippen molar-refractivity contribution in [1.29, 1.82) is 0 Å². The van der Waals surface area contributed by atoms with Crippen molar-refractivity contribution >= 4 is 57.0 Å². The molecule has 0 amide bonds. The molecular formula is C4H9Cl3N2O2S2. The molecule has 0 atom stereocenters. The third-order valence-electron chi connectivity index (χ3n) is 1.02. The molecule has 0 fully saturated rings. The Balaban J connectivity index is 4.54. The molecule has 0 N–H and O–H groups in total. The molecule has 0 aliphatic carbocycles. The standard InChI is InChI=1S/C4H9Cl3N2O2S2/c1-8(2)13(10,11)9(3)12-4(5,6)7/h1-3H3. The Bertz CT molecular complexity index is 261. The van der Waals surface area contributed by atoms with E-state index in [1.807, 2.05) is 0 Å². The first-order chi connectivity index (χ1) is 5.57. The number of rotatable bonds is 3. The molecule has 0 radical (unpaired) electrons. The molecular weight excluding hydrogens is 279 g/mol. The van der Waals surface area contributed by atoms with Crippen LogP contribution in [0.4, 0.5) is 0 Å². The highest BCUT2D eigenvalue weighted by molar-refractivity contribution is 8.11. The minimum absolute atomic E-state index is 0.592. The normalized spacial score (nSPS) is 14.2. The molecule has 0 aromatic carbocycles. The lowest BCUT2D eigenvalue weighted by atomic mass is 11.3. The van der Waals surface area contributed by atoms with Gasteiger partial charge in [-0.25, -0.2) is 0 Å². The van der Waals surface area contributed by atoms with Crippen molar-refractivity contribution in [2.24, 2.45) is 0 Å². The van der Waals surface area contributed by atoms with Crippen LogP contribution in [-0.2, 0) is 10.2 Å². The zero-order valence-electron chi connectivity index (χ0n) is 7.16. The van der Waals surface area contributed by atoms with E-state index in [4.69, 9.17) is 34.8 Å². The van der Waals surface area contributed by atoms with Gasteiger partial charge in [-0.05, 0) is 11.9 Å². The van der Waals surface area contributed by atoms with E-state index in [2.05, 4.69) is 0 Å². The van der Waals surface area contributed by atoms with Crippen molar-refractivity contribution in [2.45, 2.75) is 3.12 Å². The van der Waals surface area contributed by atoms with E-state index < -0.39 is 13.3 Å². The fourth-order valence-corrected chi connectivity index (χ4v) is 3.59. The van der Waals surface area contributed by atoms with Gasteiger partial charge in [-0.15, -0.1) is 3.71 Å². The third kappa shape index (κ3) is 4.92. The summed E-state index contributed by atoms with van der Waals surface area (Å²) in [5, 5.41) is 0. The molecule has 0 unspecified atom stereocenters. The average molecular weight is 288 g/mol. The van der Waals surface area contributed by atoms with Crippen LogP contribution in [0.5, 0.6) is 0 Å². The molecule has 13 heavy (non-hydrogen) atoms. The smallest absolute Gasteiger partial charge is 0.194 e. The van der Waals surface area contributed by atoms with E-state index in [0.717, 1.165) is 8.02 Å². The molecule has 0 aromatic heterocycles. The van der Waals surface area contributed by atoms with E-state index in [1.165, 1.54) is 21.1 Å². The van der Waals surface area contributed by atoms with Crippen LogP contribution >= 0.6 is 46.8 Å². The van der Waals surface area contributed by atoms with Crippen molar-refractivity contribution < 1.29 is 8.42 Å². The topological polar surface area (TPSA) is 40.6 Å². The molecule has 80 valence electrons. The van der Waals surface area contributed by atoms with Gasteiger partial charge in [0, 0.05) is 21.1 Å². The van der Waals surface area contributed by atoms with Crippen molar-refractivity contribution in [1.82, 2.24) is 8.02 Å². The molecule has 0 spiro atoms. The largest absolute Gasteiger partial charge is 0.290 e. The maximum Gasteiger partial charge on any atom is 0.290 e. The fraction of sp³-hybridized carbons (Fsp3) is 1.00. The fourth-order valence-electron chi connectivity index (χ4n) is 0.423. The highest BCUT2D eigenvalue weighted by Gasteiger charge is 2.30. The Morgan fingerprint density at radius 1 is 1.15 bits per heavy atom. The van der Waals surface area contributed by atoms with E-state index in [9.17, 15) is 8.42 Å². The van der Waals surface area contributed by atoms with E-state index in [-0.39, 0.29) is 0 Å². The maximum absolute atomic E-state index is 11.4. The zero-order valence-corrected chi connectivity index (χ0v) is 11.1. The molecule has 0 saturated heterocycles. The van der Waals surface area contributed by atoms with E-state index in [0.29, 0.717) is 11.9 Å². The number of halogens is 3. The van der Waals surface area contributed by atoms with Crippen LogP contribution in [-0.4, -0.2) is 40.7 Å². The summed E-state index contributed by atoms with van der Waals surface area (Å²) in [5.74, 6) is 0. The molecule has 0 rings (SSSR count). The van der Waals surface area contributed by atoms with Gasteiger partial charge in [0.1, 0.15) is 0 Å². The van der Waals surface area contributed by atoms with Gasteiger partial charge < -0.3 is 0 Å². The lowest BCUT2D eigenvalue weighted by Crippen LogP contribution is -2.34. The average Bonchev–Trinajstić information content (AvgIpc) is 1.82. The predicted octanol–water partition coefficient (Wildman–Crippen LogP) is 1.70. The second-order valence-corrected chi connectivity index (χ2v) is 8.94. The molecule has 9 heteroatoms. The first kappa shape index (κ1) is 14.1. The third-order valence-corrected chi connectivity index (χ3v) is 4.47. The summed E-state index contributed by atoms with van der Waals surface area (Å²) in [6.07, 6.45) is 0. The van der Waals surface area contributed by atoms with Gasteiger partial charge in [-0.3, -0.25) is 0 Å². The minimum Gasteiger partial charge on any atom is -0.194 e. The maximum atomic E-state index is 11.4. The second kappa shape index (κ2) is 4.74. The minimum atomic E-state index is -3.53. The second-order valence-electron chi connectivity index (χ2n) is 2.24. The van der Waals surface area contributed by atoms with Crippen LogP contribution in [0.3, 0.4) is 0 Å². The number of hydrogen-bond donors (Lipinski definition) is 0. The monoisotopic (exact) mass is 286 g/mol. The van der Waals surface area contributed by atoms with E-state index in [1.54, 1.807) is 0 Å². The molecule has 0 bridgehead atoms. The first-order valence-corrected chi connectivity index (χ1v) is 6.30. The summed E-state index contributed by atoms with van der Waals surface area (Å²) in [4.78, 5) is 0. The number of hydrogen-bond acceptors (Lipinski definition) is 3. The van der Waals surface area contributed by atoms with Gasteiger partial charge >= 0.3 is 0 Å². The lowest BCUT2D eigenvalue weighted by Gasteiger charge is -2.22. The summed E-state index contributed by atoms with van der Waals surface area (Å²) < 4.78 is 23.0. The van der Waals surface area contributed by atoms with Crippen molar-refractivity contribution in [3.05, 3.63) is 0 Å². The van der Waals surface area contributed by atoms with Crippen LogP contribution < -0.4 is 0 Å². The summed E-state index contributed by atoms with van der Waals surface area (Å²) in [5.41, 5.74) is 0. The molecule has 0 aromatic rings. The molecule has 0 heterocycles. The first-order valence-electron chi connectivity index (χ1n) is 2.99. The number of alkyl halides is 3. The van der Waals surface area contributed by atoms with Crippen LogP contribution in [0.1, 0.15) is 0 Å². The van der Waals surface area contributed by atoms with Crippen molar-refractivity contribution in [3.63, 3.8) is 0 Å².